The molecule has 0 aliphatic carbocycles. The van der Waals surface area contributed by atoms with Gasteiger partial charge in [-0.05, 0) is 30.6 Å². The molecule has 1 aliphatic heterocycles. The lowest BCUT2D eigenvalue weighted by Crippen LogP contribution is -2.43. The molecular formula is C18H30N4O2S. The topological polar surface area (TPSA) is 73.8 Å². The number of nitrogens with zero attached hydrogens (tertiary/aromatic N) is 2. The summed E-state index contributed by atoms with van der Waals surface area (Å²) in [6.07, 6.45) is 0.641. The standard InChI is InChI=1S/C18H30N4O2S/c1-4-22(5-2)13-16-8-6-7-15(11-16)12-20-18(19-3)21-17-9-10-25(23,24)14-17/h6-8,11,17H,4-5,9-10,12-14H2,1-3H3,(H2,19,20,21). The first-order valence-electron chi connectivity index (χ1n) is 8.93. The SMILES string of the molecule is CCN(CC)Cc1cccc(CNC(=NC)NC2CCS(=O)(=O)C2)c1. The molecule has 1 unspecified atom stereocenters. The number of aliphatic imine (C=N–C) groups is 1. The number of hydrogen-bond donors (Lipinski definition) is 2. The van der Waals surface area contributed by atoms with Gasteiger partial charge in [-0.1, -0.05) is 38.1 Å². The van der Waals surface area contributed by atoms with Gasteiger partial charge >= 0.3 is 0 Å². The van der Waals surface area contributed by atoms with Gasteiger partial charge in [-0.2, -0.15) is 0 Å². The van der Waals surface area contributed by atoms with Crippen LogP contribution in [0.3, 0.4) is 0 Å². The monoisotopic (exact) mass is 366 g/mol. The van der Waals surface area contributed by atoms with Gasteiger partial charge in [0.15, 0.2) is 15.8 Å². The van der Waals surface area contributed by atoms with E-state index in [4.69, 9.17) is 0 Å². The van der Waals surface area contributed by atoms with Gasteiger partial charge in [-0.3, -0.25) is 9.89 Å². The Kier molecular flexibility index (Phi) is 7.25. The fourth-order valence-electron chi connectivity index (χ4n) is 3.03. The Hall–Kier alpha value is -1.60. The van der Waals surface area contributed by atoms with Crippen molar-refractivity contribution < 1.29 is 8.42 Å². The molecule has 0 spiro atoms. The summed E-state index contributed by atoms with van der Waals surface area (Å²) in [6, 6.07) is 8.48. The minimum Gasteiger partial charge on any atom is -0.353 e. The zero-order chi connectivity index (χ0) is 18.3. The quantitative estimate of drug-likeness (QED) is 0.563. The van der Waals surface area contributed by atoms with Crippen LogP contribution >= 0.6 is 0 Å². The summed E-state index contributed by atoms with van der Waals surface area (Å²) < 4.78 is 23.1. The first-order valence-corrected chi connectivity index (χ1v) is 10.8. The summed E-state index contributed by atoms with van der Waals surface area (Å²) in [5, 5.41) is 6.49. The maximum Gasteiger partial charge on any atom is 0.191 e. The van der Waals surface area contributed by atoms with E-state index in [0.717, 1.165) is 19.6 Å². The number of hydrogen-bond acceptors (Lipinski definition) is 4. The predicted molar refractivity (Wildman–Crippen MR) is 103 cm³/mol. The molecule has 7 heteroatoms. The van der Waals surface area contributed by atoms with E-state index in [-0.39, 0.29) is 17.5 Å². The van der Waals surface area contributed by atoms with E-state index in [0.29, 0.717) is 18.9 Å². The number of nitrogens with one attached hydrogen (secondary N) is 2. The van der Waals surface area contributed by atoms with Crippen molar-refractivity contribution in [1.29, 1.82) is 0 Å². The van der Waals surface area contributed by atoms with E-state index in [1.807, 2.05) is 0 Å². The Morgan fingerprint density at radius 3 is 2.60 bits per heavy atom. The van der Waals surface area contributed by atoms with Crippen molar-refractivity contribution >= 4 is 15.8 Å². The van der Waals surface area contributed by atoms with E-state index < -0.39 is 9.84 Å². The lowest BCUT2D eigenvalue weighted by molar-refractivity contribution is 0.296. The Morgan fingerprint density at radius 2 is 2.00 bits per heavy atom. The Bertz CT molecular complexity index is 684. The van der Waals surface area contributed by atoms with Gasteiger partial charge in [0, 0.05) is 26.2 Å². The zero-order valence-electron chi connectivity index (χ0n) is 15.5. The van der Waals surface area contributed by atoms with Gasteiger partial charge in [0.2, 0.25) is 0 Å². The van der Waals surface area contributed by atoms with Crippen LogP contribution in [0, 0.1) is 0 Å². The van der Waals surface area contributed by atoms with Crippen LogP contribution in [0.2, 0.25) is 0 Å². The molecular weight excluding hydrogens is 336 g/mol. The molecule has 1 heterocycles. The molecule has 1 aromatic rings. The molecule has 140 valence electrons. The third kappa shape index (κ3) is 6.32. The highest BCUT2D eigenvalue weighted by molar-refractivity contribution is 7.91. The first kappa shape index (κ1) is 19.7. The van der Waals surface area contributed by atoms with Crippen molar-refractivity contribution in [1.82, 2.24) is 15.5 Å². The van der Waals surface area contributed by atoms with Crippen LogP contribution in [0.5, 0.6) is 0 Å². The van der Waals surface area contributed by atoms with Gasteiger partial charge in [0.25, 0.3) is 0 Å². The molecule has 0 bridgehead atoms. The van der Waals surface area contributed by atoms with Gasteiger partial charge in [-0.15, -0.1) is 0 Å². The number of benzene rings is 1. The fourth-order valence-corrected chi connectivity index (χ4v) is 4.70. The van der Waals surface area contributed by atoms with Crippen molar-refractivity contribution in [3.8, 4) is 0 Å². The van der Waals surface area contributed by atoms with Crippen molar-refractivity contribution in [3.05, 3.63) is 35.4 Å². The van der Waals surface area contributed by atoms with Gasteiger partial charge < -0.3 is 10.6 Å². The van der Waals surface area contributed by atoms with Crippen molar-refractivity contribution in [3.63, 3.8) is 0 Å². The number of guanidine groups is 1. The lowest BCUT2D eigenvalue weighted by Gasteiger charge is -2.19. The molecule has 1 fully saturated rings. The van der Waals surface area contributed by atoms with Crippen LogP contribution < -0.4 is 10.6 Å². The largest absolute Gasteiger partial charge is 0.353 e. The van der Waals surface area contributed by atoms with E-state index in [2.05, 4.69) is 58.6 Å². The average Bonchev–Trinajstić information content (AvgIpc) is 2.95. The molecule has 0 saturated carbocycles. The van der Waals surface area contributed by atoms with Gasteiger partial charge in [0.05, 0.1) is 11.5 Å². The molecule has 2 N–H and O–H groups in total. The van der Waals surface area contributed by atoms with Gasteiger partial charge in [0.1, 0.15) is 0 Å². The molecule has 25 heavy (non-hydrogen) atoms. The van der Waals surface area contributed by atoms with E-state index in [1.54, 1.807) is 7.05 Å². The minimum atomic E-state index is -2.89. The first-order chi connectivity index (χ1) is 12.0. The maximum absolute atomic E-state index is 11.6. The second-order valence-electron chi connectivity index (χ2n) is 6.45. The van der Waals surface area contributed by atoms with Crippen molar-refractivity contribution in [2.75, 3.05) is 31.6 Å². The summed E-state index contributed by atoms with van der Waals surface area (Å²) in [5.41, 5.74) is 2.49. The highest BCUT2D eigenvalue weighted by Gasteiger charge is 2.28. The highest BCUT2D eigenvalue weighted by atomic mass is 32.2. The summed E-state index contributed by atoms with van der Waals surface area (Å²) in [4.78, 5) is 6.59. The molecule has 1 saturated heterocycles. The Labute approximate surface area is 151 Å². The van der Waals surface area contributed by atoms with E-state index in [1.165, 1.54) is 11.1 Å². The van der Waals surface area contributed by atoms with Crippen molar-refractivity contribution in [2.45, 2.75) is 39.4 Å². The predicted octanol–water partition coefficient (Wildman–Crippen LogP) is 1.38. The van der Waals surface area contributed by atoms with Crippen LogP contribution in [0.25, 0.3) is 0 Å². The smallest absolute Gasteiger partial charge is 0.191 e. The second-order valence-corrected chi connectivity index (χ2v) is 8.68. The van der Waals surface area contributed by atoms with Crippen LogP contribution in [0.15, 0.2) is 29.3 Å². The maximum atomic E-state index is 11.6. The number of rotatable bonds is 7. The van der Waals surface area contributed by atoms with E-state index in [9.17, 15) is 8.42 Å². The average molecular weight is 367 g/mol. The molecule has 1 aliphatic rings. The normalized spacial score (nSPS) is 20.0. The fraction of sp³-hybridized carbons (Fsp3) is 0.611. The number of sulfone groups is 1. The van der Waals surface area contributed by atoms with Crippen LogP contribution in [-0.2, 0) is 22.9 Å². The molecule has 1 atom stereocenters. The summed E-state index contributed by atoms with van der Waals surface area (Å²) >= 11 is 0. The molecule has 1 aromatic carbocycles. The Balaban J connectivity index is 1.89. The third-order valence-corrected chi connectivity index (χ3v) is 6.32. The summed E-state index contributed by atoms with van der Waals surface area (Å²) in [7, 11) is -1.18. The second kappa shape index (κ2) is 9.20. The molecule has 2 rings (SSSR count). The lowest BCUT2D eigenvalue weighted by atomic mass is 10.1. The third-order valence-electron chi connectivity index (χ3n) is 4.55. The van der Waals surface area contributed by atoms with Crippen LogP contribution in [0.4, 0.5) is 0 Å². The minimum absolute atomic E-state index is 0.0507. The van der Waals surface area contributed by atoms with Gasteiger partial charge in [-0.25, -0.2) is 8.42 Å². The molecule has 0 radical (unpaired) electrons. The summed E-state index contributed by atoms with van der Waals surface area (Å²) in [6.45, 7) is 8.04. The zero-order valence-corrected chi connectivity index (χ0v) is 16.3. The van der Waals surface area contributed by atoms with Crippen LogP contribution in [-0.4, -0.2) is 57.0 Å². The van der Waals surface area contributed by atoms with E-state index >= 15 is 0 Å². The summed E-state index contributed by atoms with van der Waals surface area (Å²) in [5.74, 6) is 1.10. The highest BCUT2D eigenvalue weighted by Crippen LogP contribution is 2.11. The molecule has 6 nitrogen and oxygen atoms in total. The van der Waals surface area contributed by atoms with Crippen molar-refractivity contribution in [2.24, 2.45) is 4.99 Å². The Morgan fingerprint density at radius 1 is 1.28 bits per heavy atom. The molecule has 0 aromatic heterocycles. The molecule has 0 amide bonds. The van der Waals surface area contributed by atoms with Crippen LogP contribution in [0.1, 0.15) is 31.4 Å².